The van der Waals surface area contributed by atoms with Crippen molar-refractivity contribution in [3.8, 4) is 0 Å². The van der Waals surface area contributed by atoms with E-state index in [0.717, 1.165) is 17.7 Å². The lowest BCUT2D eigenvalue weighted by atomic mass is 9.79. The third-order valence-corrected chi connectivity index (χ3v) is 5.82. The van der Waals surface area contributed by atoms with Gasteiger partial charge in [0.05, 0.1) is 24.0 Å². The Balaban J connectivity index is 2.24. The highest BCUT2D eigenvalue weighted by Crippen LogP contribution is 2.36. The highest BCUT2D eigenvalue weighted by atomic mass is 32.1. The van der Waals surface area contributed by atoms with Gasteiger partial charge in [-0.3, -0.25) is 9.59 Å². The summed E-state index contributed by atoms with van der Waals surface area (Å²) in [6.07, 6.45) is 2.74. The monoisotopic (exact) mass is 367 g/mol. The number of carbonyl (C=O) groups is 3. The second kappa shape index (κ2) is 8.47. The molecular weight excluding hydrogens is 342 g/mol. The van der Waals surface area contributed by atoms with Crippen molar-refractivity contribution >= 4 is 34.2 Å². The van der Waals surface area contributed by atoms with E-state index < -0.39 is 23.8 Å². The van der Waals surface area contributed by atoms with Gasteiger partial charge in [0.25, 0.3) is 0 Å². The van der Waals surface area contributed by atoms with Crippen LogP contribution >= 0.6 is 11.3 Å². The molecule has 1 amide bonds. The van der Waals surface area contributed by atoms with E-state index in [1.165, 1.54) is 11.3 Å². The molecule has 2 atom stereocenters. The molecule has 1 aromatic rings. The van der Waals surface area contributed by atoms with Crippen molar-refractivity contribution < 1.29 is 24.2 Å². The van der Waals surface area contributed by atoms with Crippen LogP contribution < -0.4 is 5.32 Å². The first-order valence-corrected chi connectivity index (χ1v) is 9.51. The molecule has 2 N–H and O–H groups in total. The summed E-state index contributed by atoms with van der Waals surface area (Å²) in [5, 5.41) is 12.6. The van der Waals surface area contributed by atoms with E-state index in [4.69, 9.17) is 4.74 Å². The second-order valence-corrected chi connectivity index (χ2v) is 7.68. The number of aliphatic carboxylic acids is 1. The van der Waals surface area contributed by atoms with Crippen molar-refractivity contribution in [1.29, 1.82) is 0 Å². The average molecular weight is 367 g/mol. The predicted molar refractivity (Wildman–Crippen MR) is 96.1 cm³/mol. The maximum Gasteiger partial charge on any atom is 0.341 e. The van der Waals surface area contributed by atoms with E-state index in [0.29, 0.717) is 23.4 Å². The van der Waals surface area contributed by atoms with Crippen LogP contribution in [0.5, 0.6) is 0 Å². The lowest BCUT2D eigenvalue weighted by Crippen LogP contribution is -2.36. The number of esters is 1. The molecule has 0 spiro atoms. The summed E-state index contributed by atoms with van der Waals surface area (Å²) < 4.78 is 5.07. The molecule has 6 nitrogen and oxygen atoms in total. The van der Waals surface area contributed by atoms with Crippen molar-refractivity contribution in [2.45, 2.75) is 52.4 Å². The third-order valence-electron chi connectivity index (χ3n) is 4.47. The zero-order valence-corrected chi connectivity index (χ0v) is 15.6. The van der Waals surface area contributed by atoms with Crippen LogP contribution in [0.3, 0.4) is 0 Å². The summed E-state index contributed by atoms with van der Waals surface area (Å²) >= 11 is 1.34. The molecule has 138 valence electrons. The van der Waals surface area contributed by atoms with Crippen molar-refractivity contribution in [3.63, 3.8) is 0 Å². The highest BCUT2D eigenvalue weighted by molar-refractivity contribution is 7.16. The van der Waals surface area contributed by atoms with Crippen LogP contribution in [0.15, 0.2) is 6.07 Å². The quantitative estimate of drug-likeness (QED) is 0.744. The maximum absolute atomic E-state index is 12.7. The highest BCUT2D eigenvalue weighted by Gasteiger charge is 2.36. The Morgan fingerprint density at radius 3 is 2.48 bits per heavy atom. The Bertz CT molecular complexity index is 652. The summed E-state index contributed by atoms with van der Waals surface area (Å²) in [5.74, 6) is -2.74. The first kappa shape index (κ1) is 19.4. The van der Waals surface area contributed by atoms with Crippen LogP contribution in [0.25, 0.3) is 0 Å². The van der Waals surface area contributed by atoms with E-state index in [1.807, 2.05) is 13.8 Å². The summed E-state index contributed by atoms with van der Waals surface area (Å²) in [6, 6.07) is 1.75. The number of hydrogen-bond acceptors (Lipinski definition) is 5. The smallest absolute Gasteiger partial charge is 0.341 e. The van der Waals surface area contributed by atoms with Crippen molar-refractivity contribution in [1.82, 2.24) is 0 Å². The molecule has 1 aliphatic rings. The molecule has 1 aliphatic carbocycles. The molecule has 0 saturated heterocycles. The fraction of sp³-hybridized carbons (Fsp3) is 0.611. The van der Waals surface area contributed by atoms with E-state index >= 15 is 0 Å². The molecule has 7 heteroatoms. The minimum Gasteiger partial charge on any atom is -0.481 e. The predicted octanol–water partition coefficient (Wildman–Crippen LogP) is 3.88. The van der Waals surface area contributed by atoms with Gasteiger partial charge >= 0.3 is 11.9 Å². The number of amides is 1. The lowest BCUT2D eigenvalue weighted by Gasteiger charge is -2.27. The number of anilines is 1. The molecule has 0 unspecified atom stereocenters. The number of hydrogen-bond donors (Lipinski definition) is 2. The van der Waals surface area contributed by atoms with E-state index in [2.05, 4.69) is 5.32 Å². The Morgan fingerprint density at radius 2 is 1.92 bits per heavy atom. The molecule has 25 heavy (non-hydrogen) atoms. The Kier molecular flexibility index (Phi) is 6.58. The summed E-state index contributed by atoms with van der Waals surface area (Å²) in [7, 11) is 0. The molecule has 2 rings (SSSR count). The van der Waals surface area contributed by atoms with Gasteiger partial charge in [-0.2, -0.15) is 0 Å². The average Bonchev–Trinajstić information content (AvgIpc) is 2.99. The Morgan fingerprint density at radius 1 is 1.28 bits per heavy atom. The van der Waals surface area contributed by atoms with Crippen LogP contribution in [0.1, 0.15) is 67.6 Å². The van der Waals surface area contributed by atoms with Gasteiger partial charge < -0.3 is 15.2 Å². The zero-order valence-electron chi connectivity index (χ0n) is 14.8. The number of rotatable bonds is 6. The van der Waals surface area contributed by atoms with E-state index in [-0.39, 0.29) is 18.4 Å². The summed E-state index contributed by atoms with van der Waals surface area (Å²) in [6.45, 7) is 6.00. The van der Waals surface area contributed by atoms with E-state index in [1.54, 1.807) is 13.0 Å². The van der Waals surface area contributed by atoms with Gasteiger partial charge in [0.1, 0.15) is 5.00 Å². The minimum atomic E-state index is -0.931. The van der Waals surface area contributed by atoms with Gasteiger partial charge in [0, 0.05) is 4.88 Å². The second-order valence-electron chi connectivity index (χ2n) is 6.59. The molecule has 1 saturated carbocycles. The van der Waals surface area contributed by atoms with E-state index in [9.17, 15) is 19.5 Å². The van der Waals surface area contributed by atoms with Gasteiger partial charge in [-0.15, -0.1) is 11.3 Å². The zero-order chi connectivity index (χ0) is 18.6. The fourth-order valence-corrected chi connectivity index (χ4v) is 4.14. The lowest BCUT2D eigenvalue weighted by molar-refractivity contribution is -0.147. The fourth-order valence-electron chi connectivity index (χ4n) is 3.09. The van der Waals surface area contributed by atoms with Gasteiger partial charge in [0.2, 0.25) is 5.91 Å². The number of carbonyl (C=O) groups excluding carboxylic acids is 2. The first-order chi connectivity index (χ1) is 11.8. The van der Waals surface area contributed by atoms with Crippen LogP contribution in [0.2, 0.25) is 0 Å². The SMILES string of the molecule is CCOC(=O)c1cc(C(C)C)sc1NC(=O)[C@H]1CCCC[C@H]1C(=O)O. The molecule has 0 radical (unpaired) electrons. The molecule has 1 aromatic heterocycles. The van der Waals surface area contributed by atoms with Crippen molar-refractivity contribution in [3.05, 3.63) is 16.5 Å². The van der Waals surface area contributed by atoms with Gasteiger partial charge in [-0.1, -0.05) is 26.7 Å². The van der Waals surface area contributed by atoms with Gasteiger partial charge in [-0.05, 0) is 31.7 Å². The summed E-state index contributed by atoms with van der Waals surface area (Å²) in [4.78, 5) is 37.2. The molecule has 1 heterocycles. The molecule has 1 fully saturated rings. The first-order valence-electron chi connectivity index (χ1n) is 8.69. The van der Waals surface area contributed by atoms with Crippen LogP contribution in [0.4, 0.5) is 5.00 Å². The third kappa shape index (κ3) is 4.60. The summed E-state index contributed by atoms with van der Waals surface area (Å²) in [5.41, 5.74) is 0.339. The number of ether oxygens (including phenoxy) is 1. The molecule has 0 aliphatic heterocycles. The topological polar surface area (TPSA) is 92.7 Å². The van der Waals surface area contributed by atoms with Crippen LogP contribution in [-0.2, 0) is 14.3 Å². The number of carboxylic acids is 1. The normalized spacial score (nSPS) is 20.3. The Labute approximate surface area is 151 Å². The minimum absolute atomic E-state index is 0.213. The standard InChI is InChI=1S/C18H25NO5S/c1-4-24-18(23)13-9-14(10(2)3)25-16(13)19-15(20)11-7-5-6-8-12(11)17(21)22/h9-12H,4-8H2,1-3H3,(H,19,20)(H,21,22)/t11-,12+/m0/s1. The number of nitrogens with one attached hydrogen (secondary N) is 1. The van der Waals surface area contributed by atoms with Crippen molar-refractivity contribution in [2.75, 3.05) is 11.9 Å². The van der Waals surface area contributed by atoms with Gasteiger partial charge in [0.15, 0.2) is 0 Å². The number of carboxylic acid groups (broad SMARTS) is 1. The van der Waals surface area contributed by atoms with Crippen LogP contribution in [0, 0.1) is 11.8 Å². The van der Waals surface area contributed by atoms with Crippen LogP contribution in [-0.4, -0.2) is 29.6 Å². The molecular formula is C18H25NO5S. The van der Waals surface area contributed by atoms with Gasteiger partial charge in [-0.25, -0.2) is 4.79 Å². The number of thiophene rings is 1. The molecule has 0 aromatic carbocycles. The van der Waals surface area contributed by atoms with Crippen molar-refractivity contribution in [2.24, 2.45) is 11.8 Å². The molecule has 0 bridgehead atoms. The maximum atomic E-state index is 12.7. The Hall–Kier alpha value is -1.89. The largest absolute Gasteiger partial charge is 0.481 e.